The van der Waals surface area contributed by atoms with Gasteiger partial charge in [0.05, 0.1) is 0 Å². The van der Waals surface area contributed by atoms with Crippen LogP contribution in [-0.4, -0.2) is 20.1 Å². The summed E-state index contributed by atoms with van der Waals surface area (Å²) in [4.78, 5) is 12.3. The van der Waals surface area contributed by atoms with Crippen LogP contribution in [0.3, 0.4) is 0 Å². The van der Waals surface area contributed by atoms with Crippen molar-refractivity contribution in [3.8, 4) is 22.8 Å². The molecule has 3 rings (SSSR count). The topological polar surface area (TPSA) is 90.7 Å². The van der Waals surface area contributed by atoms with Crippen LogP contribution >= 0.6 is 15.9 Å². The van der Waals surface area contributed by atoms with Gasteiger partial charge in [-0.2, -0.15) is 4.98 Å². The van der Waals surface area contributed by atoms with Crippen molar-refractivity contribution in [3.63, 3.8) is 0 Å². The second-order valence-corrected chi connectivity index (χ2v) is 4.70. The van der Waals surface area contributed by atoms with Gasteiger partial charge in [0, 0.05) is 34.2 Å². The van der Waals surface area contributed by atoms with Gasteiger partial charge in [-0.15, -0.1) is 0 Å². The predicted molar refractivity (Wildman–Crippen MR) is 72.9 cm³/mol. The van der Waals surface area contributed by atoms with Crippen LogP contribution in [0.4, 0.5) is 5.82 Å². The van der Waals surface area contributed by atoms with Crippen LogP contribution in [0.25, 0.3) is 22.8 Å². The average Bonchev–Trinajstić information content (AvgIpc) is 2.88. The molecule has 0 atom stereocenters. The lowest BCUT2D eigenvalue weighted by Gasteiger charge is -1.95. The summed E-state index contributed by atoms with van der Waals surface area (Å²) in [6.07, 6.45) is 4.95. The molecule has 0 amide bonds. The molecule has 0 aliphatic heterocycles. The minimum atomic E-state index is 0.393. The van der Waals surface area contributed by atoms with Gasteiger partial charge in [0.25, 0.3) is 5.89 Å². The summed E-state index contributed by atoms with van der Waals surface area (Å²) in [5.41, 5.74) is 7.12. The van der Waals surface area contributed by atoms with E-state index in [2.05, 4.69) is 36.0 Å². The number of anilines is 1. The predicted octanol–water partition coefficient (Wildman–Crippen LogP) is 2.54. The summed E-state index contributed by atoms with van der Waals surface area (Å²) >= 11 is 3.35. The Morgan fingerprint density at radius 1 is 1.16 bits per heavy atom. The zero-order chi connectivity index (χ0) is 13.2. The van der Waals surface area contributed by atoms with Gasteiger partial charge in [0.1, 0.15) is 5.82 Å². The average molecular weight is 318 g/mol. The van der Waals surface area contributed by atoms with E-state index >= 15 is 0 Å². The van der Waals surface area contributed by atoms with Crippen molar-refractivity contribution in [3.05, 3.63) is 41.3 Å². The number of rotatable bonds is 2. The van der Waals surface area contributed by atoms with Crippen molar-refractivity contribution in [1.29, 1.82) is 0 Å². The Kier molecular flexibility index (Phi) is 2.96. The number of hydrogen-bond donors (Lipinski definition) is 1. The first-order valence-corrected chi connectivity index (χ1v) is 6.18. The lowest BCUT2D eigenvalue weighted by molar-refractivity contribution is 0.432. The first-order chi connectivity index (χ1) is 9.22. The molecule has 7 heteroatoms. The number of pyridine rings is 2. The number of aromatic nitrogens is 4. The fourth-order valence-corrected chi connectivity index (χ4v) is 1.94. The number of halogens is 1. The zero-order valence-corrected chi connectivity index (χ0v) is 11.2. The van der Waals surface area contributed by atoms with E-state index in [0.29, 0.717) is 17.5 Å². The van der Waals surface area contributed by atoms with Gasteiger partial charge in [-0.25, -0.2) is 4.98 Å². The molecule has 0 unspecified atom stereocenters. The quantitative estimate of drug-likeness (QED) is 0.781. The Balaban J connectivity index is 2.00. The molecule has 0 aromatic carbocycles. The normalized spacial score (nSPS) is 10.6. The van der Waals surface area contributed by atoms with Crippen LogP contribution < -0.4 is 5.73 Å². The Morgan fingerprint density at radius 2 is 2.05 bits per heavy atom. The van der Waals surface area contributed by atoms with E-state index in [1.54, 1.807) is 30.7 Å². The lowest BCUT2D eigenvalue weighted by Crippen LogP contribution is -1.89. The third-order valence-corrected chi connectivity index (χ3v) is 2.85. The van der Waals surface area contributed by atoms with Crippen molar-refractivity contribution in [2.45, 2.75) is 0 Å². The summed E-state index contributed by atoms with van der Waals surface area (Å²) in [6, 6.07) is 5.30. The molecule has 0 radical (unpaired) electrons. The largest absolute Gasteiger partial charge is 0.384 e. The highest BCUT2D eigenvalue weighted by Gasteiger charge is 2.11. The van der Waals surface area contributed by atoms with E-state index in [9.17, 15) is 0 Å². The van der Waals surface area contributed by atoms with Crippen LogP contribution in [0.1, 0.15) is 0 Å². The molecule has 19 heavy (non-hydrogen) atoms. The SMILES string of the molecule is Nc1cc(-c2nc(-c3cncc(Br)c3)no2)ccn1. The number of nitrogens with two attached hydrogens (primary N) is 1. The Morgan fingerprint density at radius 3 is 2.84 bits per heavy atom. The van der Waals surface area contributed by atoms with Crippen LogP contribution in [-0.2, 0) is 0 Å². The molecule has 94 valence electrons. The van der Waals surface area contributed by atoms with Crippen molar-refractivity contribution in [2.75, 3.05) is 5.73 Å². The molecule has 3 aromatic heterocycles. The van der Waals surface area contributed by atoms with Crippen molar-refractivity contribution in [1.82, 2.24) is 20.1 Å². The van der Waals surface area contributed by atoms with Gasteiger partial charge < -0.3 is 10.3 Å². The van der Waals surface area contributed by atoms with Gasteiger partial charge in [-0.1, -0.05) is 5.16 Å². The highest BCUT2D eigenvalue weighted by atomic mass is 79.9. The highest BCUT2D eigenvalue weighted by molar-refractivity contribution is 9.10. The molecule has 0 bridgehead atoms. The summed E-state index contributed by atoms with van der Waals surface area (Å²) in [7, 11) is 0. The van der Waals surface area contributed by atoms with Crippen molar-refractivity contribution >= 4 is 21.7 Å². The Labute approximate surface area is 116 Å². The van der Waals surface area contributed by atoms with E-state index < -0.39 is 0 Å². The molecule has 0 aliphatic rings. The number of nitrogen functional groups attached to an aromatic ring is 1. The smallest absolute Gasteiger partial charge is 0.258 e. The molecule has 0 spiro atoms. The van der Waals surface area contributed by atoms with Gasteiger partial charge in [-0.05, 0) is 34.1 Å². The van der Waals surface area contributed by atoms with Gasteiger partial charge in [0.15, 0.2) is 0 Å². The molecule has 3 aromatic rings. The maximum atomic E-state index is 5.62. The van der Waals surface area contributed by atoms with E-state index in [4.69, 9.17) is 10.3 Å². The summed E-state index contributed by atoms with van der Waals surface area (Å²) in [5, 5.41) is 3.93. The molecule has 0 fully saturated rings. The second-order valence-electron chi connectivity index (χ2n) is 3.78. The molecular formula is C12H8BrN5O. The van der Waals surface area contributed by atoms with E-state index in [1.807, 2.05) is 6.07 Å². The minimum absolute atomic E-state index is 0.393. The standard InChI is InChI=1S/C12H8BrN5O/c13-9-3-8(5-15-6-9)11-17-12(19-18-11)7-1-2-16-10(14)4-7/h1-6H,(H2,14,16). The van der Waals surface area contributed by atoms with Crippen LogP contribution in [0.2, 0.25) is 0 Å². The maximum Gasteiger partial charge on any atom is 0.258 e. The number of nitrogens with zero attached hydrogens (tertiary/aromatic N) is 4. The van der Waals surface area contributed by atoms with Crippen molar-refractivity contribution < 1.29 is 4.52 Å². The summed E-state index contributed by atoms with van der Waals surface area (Å²) in [6.45, 7) is 0. The maximum absolute atomic E-state index is 5.62. The second kappa shape index (κ2) is 4.77. The first kappa shape index (κ1) is 11.8. The minimum Gasteiger partial charge on any atom is -0.384 e. The van der Waals surface area contributed by atoms with Crippen LogP contribution in [0.15, 0.2) is 45.8 Å². The molecule has 0 saturated heterocycles. The zero-order valence-electron chi connectivity index (χ0n) is 9.62. The number of hydrogen-bond acceptors (Lipinski definition) is 6. The Bertz CT molecular complexity index is 667. The van der Waals surface area contributed by atoms with Crippen molar-refractivity contribution in [2.24, 2.45) is 0 Å². The first-order valence-electron chi connectivity index (χ1n) is 5.39. The molecular weight excluding hydrogens is 310 g/mol. The van der Waals surface area contributed by atoms with E-state index in [1.165, 1.54) is 0 Å². The van der Waals surface area contributed by atoms with Gasteiger partial charge >= 0.3 is 0 Å². The Hall–Kier alpha value is -2.28. The fourth-order valence-electron chi connectivity index (χ4n) is 1.57. The molecule has 3 heterocycles. The summed E-state index contributed by atoms with van der Waals surface area (Å²) in [5.74, 6) is 1.27. The fraction of sp³-hybridized carbons (Fsp3) is 0. The summed E-state index contributed by atoms with van der Waals surface area (Å²) < 4.78 is 6.06. The highest BCUT2D eigenvalue weighted by Crippen LogP contribution is 2.23. The molecule has 2 N–H and O–H groups in total. The van der Waals surface area contributed by atoms with Crippen LogP contribution in [0.5, 0.6) is 0 Å². The molecule has 6 nitrogen and oxygen atoms in total. The molecule has 0 saturated carbocycles. The third kappa shape index (κ3) is 2.45. The monoisotopic (exact) mass is 317 g/mol. The van der Waals surface area contributed by atoms with Gasteiger partial charge in [-0.3, -0.25) is 4.98 Å². The van der Waals surface area contributed by atoms with Crippen LogP contribution in [0, 0.1) is 0 Å². The lowest BCUT2D eigenvalue weighted by atomic mass is 10.2. The molecule has 0 aliphatic carbocycles. The third-order valence-electron chi connectivity index (χ3n) is 2.42. The van der Waals surface area contributed by atoms with E-state index in [0.717, 1.165) is 15.6 Å². The van der Waals surface area contributed by atoms with E-state index in [-0.39, 0.29) is 0 Å². The van der Waals surface area contributed by atoms with Gasteiger partial charge in [0.2, 0.25) is 5.82 Å².